The van der Waals surface area contributed by atoms with Crippen molar-refractivity contribution in [3.63, 3.8) is 0 Å². The molecule has 2 nitrogen and oxygen atoms in total. The molecule has 0 aliphatic heterocycles. The van der Waals surface area contributed by atoms with Gasteiger partial charge in [-0.25, -0.2) is 0 Å². The maximum Gasteiger partial charge on any atom is 0.0543 e. The molecule has 0 bridgehead atoms. The molecular formula is C54H42N2. The van der Waals surface area contributed by atoms with Gasteiger partial charge in [0.1, 0.15) is 0 Å². The zero-order chi connectivity index (χ0) is 37.8. The molecule has 56 heavy (non-hydrogen) atoms. The molecule has 0 saturated carbocycles. The summed E-state index contributed by atoms with van der Waals surface area (Å²) in [5, 5.41) is 2.52. The van der Waals surface area contributed by atoms with Gasteiger partial charge in [0, 0.05) is 43.9 Å². The second-order valence-electron chi connectivity index (χ2n) is 16.5. The molecular weight excluding hydrogens is 677 g/mol. The number of para-hydroxylation sites is 4. The number of hydrogen-bond donors (Lipinski definition) is 0. The van der Waals surface area contributed by atoms with Gasteiger partial charge in [-0.2, -0.15) is 0 Å². The number of benzene rings is 8. The molecule has 0 unspecified atom stereocenters. The maximum atomic E-state index is 2.59. The molecule has 0 atom stereocenters. The molecule has 2 aliphatic rings. The van der Waals surface area contributed by atoms with Crippen LogP contribution in [0.2, 0.25) is 0 Å². The zero-order valence-electron chi connectivity index (χ0n) is 32.2. The van der Waals surface area contributed by atoms with Crippen LogP contribution in [0, 0.1) is 0 Å². The van der Waals surface area contributed by atoms with Gasteiger partial charge < -0.3 is 9.47 Å². The van der Waals surface area contributed by atoms with Gasteiger partial charge in [-0.1, -0.05) is 173 Å². The topological polar surface area (TPSA) is 8.17 Å². The van der Waals surface area contributed by atoms with Crippen molar-refractivity contribution in [1.82, 2.24) is 4.57 Å². The average molecular weight is 719 g/mol. The van der Waals surface area contributed by atoms with Crippen LogP contribution in [0.3, 0.4) is 0 Å². The number of aromatic nitrogens is 1. The molecule has 9 aromatic rings. The minimum Gasteiger partial charge on any atom is -0.309 e. The standard InChI is InChI=1S/C54H42N2/c1-53(2)41-25-11-5-23-39(41)51-43(53)27-17-33-49(51)56(50-34-18-28-44-52(50)40-24-6-12-26-42(40)54(44,3)4)48-32-16-10-22-38(48)37-21-9-15-31-47(37)55-45-29-13-7-19-35(45)36-20-8-14-30-46(36)55/h5-34H,1-4H3. The summed E-state index contributed by atoms with van der Waals surface area (Å²) in [6.45, 7) is 9.50. The highest BCUT2D eigenvalue weighted by molar-refractivity contribution is 6.10. The molecule has 0 radical (unpaired) electrons. The van der Waals surface area contributed by atoms with Crippen LogP contribution >= 0.6 is 0 Å². The van der Waals surface area contributed by atoms with E-state index < -0.39 is 0 Å². The van der Waals surface area contributed by atoms with E-state index in [2.05, 4.69) is 219 Å². The fraction of sp³-hybridized carbons (Fsp3) is 0.111. The number of nitrogens with zero attached hydrogens (tertiary/aromatic N) is 2. The predicted octanol–water partition coefficient (Wildman–Crippen LogP) is 14.5. The number of hydrogen-bond acceptors (Lipinski definition) is 1. The van der Waals surface area contributed by atoms with Gasteiger partial charge in [-0.05, 0) is 69.8 Å². The van der Waals surface area contributed by atoms with Crippen LogP contribution in [-0.4, -0.2) is 4.57 Å². The first kappa shape index (κ1) is 32.8. The smallest absolute Gasteiger partial charge is 0.0543 e. The highest BCUT2D eigenvalue weighted by Gasteiger charge is 2.41. The third kappa shape index (κ3) is 4.44. The summed E-state index contributed by atoms with van der Waals surface area (Å²) in [6, 6.07) is 67.6. The first-order chi connectivity index (χ1) is 27.4. The fourth-order valence-electron chi connectivity index (χ4n) is 10.2. The Morgan fingerprint density at radius 1 is 0.339 bits per heavy atom. The molecule has 0 N–H and O–H groups in total. The van der Waals surface area contributed by atoms with Gasteiger partial charge in [0.2, 0.25) is 0 Å². The quantitative estimate of drug-likeness (QED) is 0.172. The summed E-state index contributed by atoms with van der Waals surface area (Å²) in [5.74, 6) is 0. The van der Waals surface area contributed by atoms with Crippen LogP contribution in [-0.2, 0) is 10.8 Å². The van der Waals surface area contributed by atoms with Crippen molar-refractivity contribution in [2.45, 2.75) is 38.5 Å². The summed E-state index contributed by atoms with van der Waals surface area (Å²) >= 11 is 0. The Morgan fingerprint density at radius 3 is 1.29 bits per heavy atom. The zero-order valence-corrected chi connectivity index (χ0v) is 32.2. The van der Waals surface area contributed by atoms with Crippen molar-refractivity contribution in [3.8, 4) is 39.1 Å². The van der Waals surface area contributed by atoms with Crippen LogP contribution in [0.25, 0.3) is 60.9 Å². The lowest BCUT2D eigenvalue weighted by Crippen LogP contribution is -2.17. The lowest BCUT2D eigenvalue weighted by molar-refractivity contribution is 0.660. The molecule has 8 aromatic carbocycles. The van der Waals surface area contributed by atoms with E-state index in [1.165, 1.54) is 88.8 Å². The Morgan fingerprint density at radius 2 is 0.732 bits per heavy atom. The van der Waals surface area contributed by atoms with Gasteiger partial charge >= 0.3 is 0 Å². The van der Waals surface area contributed by atoms with E-state index in [1.54, 1.807) is 0 Å². The van der Waals surface area contributed by atoms with E-state index in [0.29, 0.717) is 0 Å². The van der Waals surface area contributed by atoms with E-state index in [9.17, 15) is 0 Å². The monoisotopic (exact) mass is 718 g/mol. The molecule has 1 aromatic heterocycles. The Hall–Kier alpha value is -6.64. The van der Waals surface area contributed by atoms with Crippen molar-refractivity contribution < 1.29 is 0 Å². The Labute approximate surface area is 328 Å². The van der Waals surface area contributed by atoms with E-state index in [1.807, 2.05) is 0 Å². The first-order valence-electron chi connectivity index (χ1n) is 19.8. The van der Waals surface area contributed by atoms with Crippen LogP contribution in [0.4, 0.5) is 17.1 Å². The predicted molar refractivity (Wildman–Crippen MR) is 236 cm³/mol. The number of fused-ring (bicyclic) bond motifs is 9. The van der Waals surface area contributed by atoms with E-state index in [-0.39, 0.29) is 10.8 Å². The van der Waals surface area contributed by atoms with E-state index in [0.717, 1.165) is 11.4 Å². The Bertz CT molecular complexity index is 2890. The minimum atomic E-state index is -0.135. The molecule has 0 fully saturated rings. The van der Waals surface area contributed by atoms with Crippen molar-refractivity contribution in [1.29, 1.82) is 0 Å². The minimum absolute atomic E-state index is 0.135. The fourth-order valence-corrected chi connectivity index (χ4v) is 10.2. The molecule has 0 spiro atoms. The first-order valence-corrected chi connectivity index (χ1v) is 19.8. The van der Waals surface area contributed by atoms with Crippen LogP contribution < -0.4 is 4.90 Å². The lowest BCUT2D eigenvalue weighted by Gasteiger charge is -2.33. The summed E-state index contributed by atoms with van der Waals surface area (Å²) in [7, 11) is 0. The Balaban J connectivity index is 1.24. The summed E-state index contributed by atoms with van der Waals surface area (Å²) < 4.78 is 2.46. The molecule has 2 heteroatoms. The molecule has 268 valence electrons. The second kappa shape index (κ2) is 11.9. The van der Waals surface area contributed by atoms with Gasteiger partial charge in [0.25, 0.3) is 0 Å². The third-order valence-electron chi connectivity index (χ3n) is 12.8. The summed E-state index contributed by atoms with van der Waals surface area (Å²) in [5.41, 5.74) is 19.9. The number of rotatable bonds is 5. The summed E-state index contributed by atoms with van der Waals surface area (Å²) in [6.07, 6.45) is 0. The van der Waals surface area contributed by atoms with Crippen molar-refractivity contribution in [2.75, 3.05) is 4.90 Å². The van der Waals surface area contributed by atoms with E-state index in [4.69, 9.17) is 0 Å². The second-order valence-corrected chi connectivity index (χ2v) is 16.5. The third-order valence-corrected chi connectivity index (χ3v) is 12.8. The normalized spacial score (nSPS) is 14.4. The largest absolute Gasteiger partial charge is 0.309 e. The average Bonchev–Trinajstić information content (AvgIpc) is 3.79. The maximum absolute atomic E-state index is 2.59. The van der Waals surface area contributed by atoms with Crippen molar-refractivity contribution in [3.05, 3.63) is 204 Å². The highest BCUT2D eigenvalue weighted by atomic mass is 15.2. The van der Waals surface area contributed by atoms with Crippen LogP contribution in [0.1, 0.15) is 49.9 Å². The Kier molecular flexibility index (Phi) is 6.98. The van der Waals surface area contributed by atoms with Gasteiger partial charge in [0.05, 0.1) is 33.8 Å². The van der Waals surface area contributed by atoms with Gasteiger partial charge in [-0.15, -0.1) is 0 Å². The highest BCUT2D eigenvalue weighted by Crippen LogP contribution is 2.59. The van der Waals surface area contributed by atoms with Crippen molar-refractivity contribution >= 4 is 38.9 Å². The van der Waals surface area contributed by atoms with Crippen molar-refractivity contribution in [2.24, 2.45) is 0 Å². The SMILES string of the molecule is CC1(C)c2ccccc2-c2c(N(c3ccccc3-c3ccccc3-n3c4ccccc4c4ccccc43)c3cccc4c3-c3ccccc3C4(C)C)cccc21. The van der Waals surface area contributed by atoms with Crippen LogP contribution in [0.5, 0.6) is 0 Å². The van der Waals surface area contributed by atoms with Gasteiger partial charge in [-0.3, -0.25) is 0 Å². The summed E-state index contributed by atoms with van der Waals surface area (Å²) in [4.78, 5) is 2.59. The molecule has 2 aliphatic carbocycles. The molecule has 11 rings (SSSR count). The molecule has 0 saturated heterocycles. The molecule has 0 amide bonds. The van der Waals surface area contributed by atoms with E-state index >= 15 is 0 Å². The lowest BCUT2D eigenvalue weighted by atomic mass is 9.82. The van der Waals surface area contributed by atoms with Crippen LogP contribution in [0.15, 0.2) is 182 Å². The number of anilines is 3. The van der Waals surface area contributed by atoms with Gasteiger partial charge in [0.15, 0.2) is 0 Å². The molecule has 1 heterocycles.